The van der Waals surface area contributed by atoms with Crippen molar-refractivity contribution in [3.8, 4) is 10.4 Å². The van der Waals surface area contributed by atoms with Gasteiger partial charge in [0.1, 0.15) is 17.0 Å². The van der Waals surface area contributed by atoms with E-state index in [-0.39, 0.29) is 23.0 Å². The number of thiophene rings is 1. The first kappa shape index (κ1) is 22.7. The van der Waals surface area contributed by atoms with Crippen molar-refractivity contribution < 1.29 is 4.79 Å². The third-order valence-electron chi connectivity index (χ3n) is 5.96. The zero-order valence-electron chi connectivity index (χ0n) is 19.6. The van der Waals surface area contributed by atoms with Gasteiger partial charge in [0.2, 0.25) is 5.91 Å². The maximum atomic E-state index is 12.7. The zero-order chi connectivity index (χ0) is 22.9. The largest absolute Gasteiger partial charge is 0.359 e. The first-order valence-corrected chi connectivity index (χ1v) is 12.0. The van der Waals surface area contributed by atoms with Gasteiger partial charge in [-0.1, -0.05) is 30.3 Å². The number of nitrogens with one attached hydrogen (secondary N) is 2. The monoisotopic (exact) mass is 451 g/mol. The number of carbonyl (C=O) groups is 1. The highest BCUT2D eigenvalue weighted by molar-refractivity contribution is 7.21. The van der Waals surface area contributed by atoms with E-state index >= 15 is 0 Å². The van der Waals surface area contributed by atoms with Gasteiger partial charge < -0.3 is 15.5 Å². The third-order valence-corrected chi connectivity index (χ3v) is 7.05. The molecule has 1 aliphatic rings. The molecule has 2 N–H and O–H groups in total. The quantitative estimate of drug-likeness (QED) is 0.573. The van der Waals surface area contributed by atoms with E-state index in [0.29, 0.717) is 13.0 Å². The maximum absolute atomic E-state index is 12.7. The van der Waals surface area contributed by atoms with E-state index in [9.17, 15) is 4.79 Å². The van der Waals surface area contributed by atoms with Gasteiger partial charge in [-0.15, -0.1) is 11.3 Å². The van der Waals surface area contributed by atoms with Crippen molar-refractivity contribution in [2.45, 2.75) is 64.1 Å². The summed E-state index contributed by atoms with van der Waals surface area (Å²) in [6.45, 7) is 9.40. The van der Waals surface area contributed by atoms with Crippen LogP contribution in [-0.4, -0.2) is 46.6 Å². The van der Waals surface area contributed by atoms with Gasteiger partial charge in [-0.3, -0.25) is 4.79 Å². The number of fused-ring (bicyclic) bond motifs is 1. The van der Waals surface area contributed by atoms with Gasteiger partial charge in [0.25, 0.3) is 0 Å². The molecular weight excluding hydrogens is 418 g/mol. The summed E-state index contributed by atoms with van der Waals surface area (Å²) in [5.74, 6) is 0.960. The van der Waals surface area contributed by atoms with Gasteiger partial charge in [0, 0.05) is 42.0 Å². The molecule has 4 rings (SSSR count). The molecule has 2 aromatic heterocycles. The van der Waals surface area contributed by atoms with Crippen LogP contribution < -0.4 is 15.5 Å². The second kappa shape index (κ2) is 8.79. The van der Waals surface area contributed by atoms with E-state index in [4.69, 9.17) is 0 Å². The second-order valence-electron chi connectivity index (χ2n) is 10.1. The van der Waals surface area contributed by atoms with Gasteiger partial charge in [0.05, 0.1) is 5.39 Å². The Kier molecular flexibility index (Phi) is 6.23. The summed E-state index contributed by atoms with van der Waals surface area (Å²) in [5.41, 5.74) is 1.20. The normalized spacial score (nSPS) is 17.9. The molecule has 1 amide bonds. The number of rotatable bonds is 6. The van der Waals surface area contributed by atoms with E-state index in [1.807, 2.05) is 25.2 Å². The number of anilines is 1. The molecule has 0 bridgehead atoms. The highest BCUT2D eigenvalue weighted by Crippen LogP contribution is 2.35. The van der Waals surface area contributed by atoms with Crippen LogP contribution in [0, 0.1) is 0 Å². The molecule has 6 nitrogen and oxygen atoms in total. The van der Waals surface area contributed by atoms with Crippen molar-refractivity contribution in [2.24, 2.45) is 0 Å². The molecule has 1 aromatic carbocycles. The van der Waals surface area contributed by atoms with Crippen LogP contribution in [0.3, 0.4) is 0 Å². The van der Waals surface area contributed by atoms with Gasteiger partial charge in [-0.05, 0) is 52.2 Å². The summed E-state index contributed by atoms with van der Waals surface area (Å²) >= 11 is 1.67. The van der Waals surface area contributed by atoms with Crippen molar-refractivity contribution in [1.82, 2.24) is 20.6 Å². The minimum absolute atomic E-state index is 0.0124. The number of benzene rings is 1. The molecule has 0 atom stereocenters. The van der Waals surface area contributed by atoms with Gasteiger partial charge >= 0.3 is 0 Å². The third kappa shape index (κ3) is 5.27. The lowest BCUT2D eigenvalue weighted by molar-refractivity contribution is -0.122. The molecular formula is C25H33N5OS. The number of nitrogens with zero attached hydrogens (tertiary/aromatic N) is 3. The van der Waals surface area contributed by atoms with Crippen molar-refractivity contribution in [1.29, 1.82) is 0 Å². The Bertz CT molecular complexity index is 1080. The first-order valence-electron chi connectivity index (χ1n) is 11.2. The molecule has 3 heterocycles. The Morgan fingerprint density at radius 2 is 1.84 bits per heavy atom. The van der Waals surface area contributed by atoms with Crippen LogP contribution >= 0.6 is 11.3 Å². The standard InChI is InChI=1S/C25H33N5OS/c1-24(2)14-18(15-25(3,4)29-24)28-21(31)11-12-30(5)22-19-13-20(17-9-7-6-8-10-17)32-23(19)27-16-26-22/h6-10,13,16,18,29H,11-12,14-15H2,1-5H3,(H,28,31). The number of amides is 1. The first-order chi connectivity index (χ1) is 15.1. The van der Waals surface area contributed by atoms with Crippen LogP contribution in [0.25, 0.3) is 20.7 Å². The van der Waals surface area contributed by atoms with Crippen molar-refractivity contribution in [2.75, 3.05) is 18.5 Å². The highest BCUT2D eigenvalue weighted by atomic mass is 32.1. The number of hydrogen-bond acceptors (Lipinski definition) is 6. The molecule has 3 aromatic rings. The van der Waals surface area contributed by atoms with Crippen molar-refractivity contribution >= 4 is 33.3 Å². The molecule has 0 unspecified atom stereocenters. The Morgan fingerprint density at radius 1 is 1.16 bits per heavy atom. The molecule has 0 spiro atoms. The lowest BCUT2D eigenvalue weighted by Gasteiger charge is -2.46. The van der Waals surface area contributed by atoms with Crippen LogP contribution in [0.4, 0.5) is 5.82 Å². The topological polar surface area (TPSA) is 70.2 Å². The minimum Gasteiger partial charge on any atom is -0.359 e. The molecule has 0 aliphatic carbocycles. The summed E-state index contributed by atoms with van der Waals surface area (Å²) in [4.78, 5) is 25.9. The van der Waals surface area contributed by atoms with Crippen LogP contribution in [0.15, 0.2) is 42.7 Å². The molecule has 170 valence electrons. The van der Waals surface area contributed by atoms with Crippen LogP contribution in [-0.2, 0) is 4.79 Å². The van der Waals surface area contributed by atoms with E-state index in [1.165, 1.54) is 10.4 Å². The minimum atomic E-state index is 0.0124. The van der Waals surface area contributed by atoms with E-state index < -0.39 is 0 Å². The number of piperidine rings is 1. The average molecular weight is 452 g/mol. The van der Waals surface area contributed by atoms with Crippen LogP contribution in [0.5, 0.6) is 0 Å². The summed E-state index contributed by atoms with van der Waals surface area (Å²) in [5, 5.41) is 7.96. The van der Waals surface area contributed by atoms with Gasteiger partial charge in [-0.2, -0.15) is 0 Å². The predicted octanol–water partition coefficient (Wildman–Crippen LogP) is 4.61. The zero-order valence-corrected chi connectivity index (χ0v) is 20.4. The number of aromatic nitrogens is 2. The number of hydrogen-bond donors (Lipinski definition) is 2. The van der Waals surface area contributed by atoms with Crippen molar-refractivity contribution in [3.05, 3.63) is 42.7 Å². The molecule has 1 saturated heterocycles. The fourth-order valence-corrected chi connectivity index (χ4v) is 5.99. The molecule has 0 saturated carbocycles. The highest BCUT2D eigenvalue weighted by Gasteiger charge is 2.38. The predicted molar refractivity (Wildman–Crippen MR) is 133 cm³/mol. The van der Waals surface area contributed by atoms with Crippen LogP contribution in [0.1, 0.15) is 47.0 Å². The SMILES string of the molecule is CN(CCC(=O)NC1CC(C)(C)NC(C)(C)C1)c1ncnc2sc(-c3ccccc3)cc12. The lowest BCUT2D eigenvalue weighted by Crippen LogP contribution is -2.62. The maximum Gasteiger partial charge on any atom is 0.221 e. The Morgan fingerprint density at radius 3 is 2.53 bits per heavy atom. The van der Waals surface area contributed by atoms with E-state index in [1.54, 1.807) is 17.7 Å². The Balaban J connectivity index is 1.41. The molecule has 32 heavy (non-hydrogen) atoms. The van der Waals surface area contributed by atoms with Gasteiger partial charge in [-0.25, -0.2) is 9.97 Å². The average Bonchev–Trinajstić information content (AvgIpc) is 3.14. The van der Waals surface area contributed by atoms with Crippen molar-refractivity contribution in [3.63, 3.8) is 0 Å². The fourth-order valence-electron chi connectivity index (χ4n) is 4.99. The smallest absolute Gasteiger partial charge is 0.221 e. The summed E-state index contributed by atoms with van der Waals surface area (Å²) in [6.07, 6.45) is 3.91. The lowest BCUT2D eigenvalue weighted by atomic mass is 9.79. The molecule has 7 heteroatoms. The van der Waals surface area contributed by atoms with Crippen LogP contribution in [0.2, 0.25) is 0 Å². The molecule has 1 aliphatic heterocycles. The second-order valence-corrected chi connectivity index (χ2v) is 11.2. The summed E-state index contributed by atoms with van der Waals surface area (Å²) in [7, 11) is 1.99. The molecule has 1 fully saturated rings. The van der Waals surface area contributed by atoms with Gasteiger partial charge in [0.15, 0.2) is 0 Å². The number of carbonyl (C=O) groups excluding carboxylic acids is 1. The summed E-state index contributed by atoms with van der Waals surface area (Å²) in [6, 6.07) is 12.7. The van der Waals surface area contributed by atoms with E-state index in [2.05, 4.69) is 71.4 Å². The molecule has 0 radical (unpaired) electrons. The fraction of sp³-hybridized carbons (Fsp3) is 0.480. The Labute approximate surface area is 194 Å². The van der Waals surface area contributed by atoms with E-state index in [0.717, 1.165) is 28.9 Å². The Hall–Kier alpha value is -2.51. The summed E-state index contributed by atoms with van der Waals surface area (Å²) < 4.78 is 0.